The summed E-state index contributed by atoms with van der Waals surface area (Å²) in [6.07, 6.45) is 3.25. The van der Waals surface area contributed by atoms with Crippen LogP contribution < -0.4 is 10.6 Å². The number of nitrogens with zero attached hydrogens (tertiary/aromatic N) is 1. The van der Waals surface area contributed by atoms with Gasteiger partial charge in [-0.2, -0.15) is 5.26 Å². The maximum atomic E-state index is 12.1. The van der Waals surface area contributed by atoms with Gasteiger partial charge >= 0.3 is 6.03 Å². The van der Waals surface area contributed by atoms with E-state index in [1.54, 1.807) is 18.2 Å². The molecular formula is C15H17Cl2N3O. The number of nitriles is 1. The lowest BCUT2D eigenvalue weighted by atomic mass is 9.78. The SMILES string of the molecule is CC1CCC(C#N)(NC(=O)Nc2ccc(Cl)c(Cl)c2)CC1. The second kappa shape index (κ2) is 6.55. The molecule has 21 heavy (non-hydrogen) atoms. The molecule has 0 aliphatic heterocycles. The Morgan fingerprint density at radius 1 is 1.33 bits per heavy atom. The van der Waals surface area contributed by atoms with Crippen LogP contribution in [0.15, 0.2) is 18.2 Å². The van der Waals surface area contributed by atoms with Crippen LogP contribution >= 0.6 is 23.2 Å². The normalized spacial score (nSPS) is 25.0. The molecule has 1 aromatic carbocycles. The molecule has 1 fully saturated rings. The van der Waals surface area contributed by atoms with Gasteiger partial charge in [0.05, 0.1) is 16.1 Å². The van der Waals surface area contributed by atoms with Crippen LogP contribution in [0.2, 0.25) is 10.0 Å². The zero-order valence-corrected chi connectivity index (χ0v) is 13.3. The van der Waals surface area contributed by atoms with Gasteiger partial charge in [0.25, 0.3) is 0 Å². The van der Waals surface area contributed by atoms with Crippen LogP contribution in [-0.2, 0) is 0 Å². The van der Waals surface area contributed by atoms with E-state index in [0.29, 0.717) is 34.5 Å². The van der Waals surface area contributed by atoms with Crippen molar-refractivity contribution < 1.29 is 4.79 Å². The van der Waals surface area contributed by atoms with E-state index in [0.717, 1.165) is 12.8 Å². The third-order valence-electron chi connectivity index (χ3n) is 3.87. The molecule has 1 aliphatic rings. The van der Waals surface area contributed by atoms with Crippen LogP contribution in [0.4, 0.5) is 10.5 Å². The highest BCUT2D eigenvalue weighted by Crippen LogP contribution is 2.31. The van der Waals surface area contributed by atoms with Crippen molar-refractivity contribution in [1.29, 1.82) is 5.26 Å². The van der Waals surface area contributed by atoms with E-state index in [-0.39, 0.29) is 0 Å². The molecular weight excluding hydrogens is 309 g/mol. The smallest absolute Gasteiger partial charge is 0.319 e. The fourth-order valence-corrected chi connectivity index (χ4v) is 2.77. The average molecular weight is 326 g/mol. The van der Waals surface area contributed by atoms with Crippen molar-refractivity contribution in [2.45, 2.75) is 38.1 Å². The lowest BCUT2D eigenvalue weighted by Crippen LogP contribution is -2.51. The molecule has 0 saturated heterocycles. The van der Waals surface area contributed by atoms with E-state index in [1.807, 2.05) is 0 Å². The first-order chi connectivity index (χ1) is 9.94. The summed E-state index contributed by atoms with van der Waals surface area (Å²) in [4.78, 5) is 12.1. The molecule has 1 saturated carbocycles. The van der Waals surface area contributed by atoms with E-state index in [2.05, 4.69) is 23.6 Å². The molecule has 0 atom stereocenters. The lowest BCUT2D eigenvalue weighted by molar-refractivity contribution is 0.222. The summed E-state index contributed by atoms with van der Waals surface area (Å²) in [7, 11) is 0. The first-order valence-corrected chi connectivity index (χ1v) is 7.65. The van der Waals surface area contributed by atoms with Crippen LogP contribution in [0, 0.1) is 17.2 Å². The first kappa shape index (κ1) is 15.9. The highest BCUT2D eigenvalue weighted by Gasteiger charge is 2.35. The number of carbonyl (C=O) groups excluding carboxylic acids is 1. The molecule has 2 amide bonds. The van der Waals surface area contributed by atoms with Gasteiger partial charge in [0, 0.05) is 5.69 Å². The van der Waals surface area contributed by atoms with Gasteiger partial charge in [0.1, 0.15) is 5.54 Å². The number of anilines is 1. The van der Waals surface area contributed by atoms with Crippen molar-refractivity contribution in [1.82, 2.24) is 5.32 Å². The molecule has 2 N–H and O–H groups in total. The van der Waals surface area contributed by atoms with E-state index >= 15 is 0 Å². The summed E-state index contributed by atoms with van der Waals surface area (Å²) >= 11 is 11.7. The first-order valence-electron chi connectivity index (χ1n) is 6.89. The Morgan fingerprint density at radius 3 is 2.57 bits per heavy atom. The van der Waals surface area contributed by atoms with E-state index in [1.165, 1.54) is 0 Å². The number of nitrogens with one attached hydrogen (secondary N) is 2. The van der Waals surface area contributed by atoms with E-state index in [9.17, 15) is 10.1 Å². The lowest BCUT2D eigenvalue weighted by Gasteiger charge is -2.34. The molecule has 1 aliphatic carbocycles. The molecule has 0 aromatic heterocycles. The molecule has 6 heteroatoms. The summed E-state index contributed by atoms with van der Waals surface area (Å²) in [5.74, 6) is 0.603. The largest absolute Gasteiger partial charge is 0.320 e. The van der Waals surface area contributed by atoms with Crippen LogP contribution in [0.5, 0.6) is 0 Å². The predicted octanol–water partition coefficient (Wildman–Crippen LogP) is 4.59. The van der Waals surface area contributed by atoms with Gasteiger partial charge in [-0.3, -0.25) is 0 Å². The molecule has 2 rings (SSSR count). The van der Waals surface area contributed by atoms with Gasteiger partial charge in [-0.1, -0.05) is 30.1 Å². The van der Waals surface area contributed by atoms with Gasteiger partial charge < -0.3 is 10.6 Å². The zero-order valence-electron chi connectivity index (χ0n) is 11.7. The van der Waals surface area contributed by atoms with Crippen molar-refractivity contribution >= 4 is 34.9 Å². The summed E-state index contributed by atoms with van der Waals surface area (Å²) < 4.78 is 0. The average Bonchev–Trinajstić information content (AvgIpc) is 2.46. The third kappa shape index (κ3) is 4.03. The predicted molar refractivity (Wildman–Crippen MR) is 84.6 cm³/mol. The number of amides is 2. The Balaban J connectivity index is 2.00. The molecule has 112 valence electrons. The maximum Gasteiger partial charge on any atom is 0.320 e. The van der Waals surface area contributed by atoms with Crippen molar-refractivity contribution in [2.75, 3.05) is 5.32 Å². The highest BCUT2D eigenvalue weighted by atomic mass is 35.5. The number of halogens is 2. The van der Waals surface area contributed by atoms with Crippen LogP contribution in [0.1, 0.15) is 32.6 Å². The van der Waals surface area contributed by atoms with Gasteiger partial charge in [-0.25, -0.2) is 4.79 Å². The summed E-state index contributed by atoms with van der Waals surface area (Å²) in [5, 5.41) is 15.7. The molecule has 0 heterocycles. The minimum absolute atomic E-state index is 0.371. The Bertz CT molecular complexity index is 575. The number of urea groups is 1. The Hall–Kier alpha value is -1.44. The quantitative estimate of drug-likeness (QED) is 0.835. The minimum Gasteiger partial charge on any atom is -0.319 e. The fourth-order valence-electron chi connectivity index (χ4n) is 2.47. The van der Waals surface area contributed by atoms with Gasteiger partial charge in [0.15, 0.2) is 0 Å². The second-order valence-electron chi connectivity index (χ2n) is 5.58. The molecule has 0 radical (unpaired) electrons. The van der Waals surface area contributed by atoms with Gasteiger partial charge in [-0.15, -0.1) is 0 Å². The van der Waals surface area contributed by atoms with Crippen molar-refractivity contribution in [3.63, 3.8) is 0 Å². The molecule has 0 unspecified atom stereocenters. The number of hydrogen-bond acceptors (Lipinski definition) is 2. The van der Waals surface area contributed by atoms with E-state index in [4.69, 9.17) is 23.2 Å². The topological polar surface area (TPSA) is 64.9 Å². The van der Waals surface area contributed by atoms with Crippen LogP contribution in [-0.4, -0.2) is 11.6 Å². The van der Waals surface area contributed by atoms with Gasteiger partial charge in [0.2, 0.25) is 0 Å². The van der Waals surface area contributed by atoms with Crippen LogP contribution in [0.25, 0.3) is 0 Å². The molecule has 4 nitrogen and oxygen atoms in total. The second-order valence-corrected chi connectivity index (χ2v) is 6.40. The standard InChI is InChI=1S/C15H17Cl2N3O/c1-10-4-6-15(9-18,7-5-10)20-14(21)19-11-2-3-12(16)13(17)8-11/h2-3,8,10H,4-7H2,1H3,(H2,19,20,21). The minimum atomic E-state index is -0.771. The number of benzene rings is 1. The Kier molecular flexibility index (Phi) is 4.97. The van der Waals surface area contributed by atoms with Crippen molar-refractivity contribution in [3.05, 3.63) is 28.2 Å². The fraction of sp³-hybridized carbons (Fsp3) is 0.467. The maximum absolute atomic E-state index is 12.1. The monoisotopic (exact) mass is 325 g/mol. The Labute approximate surface area is 134 Å². The van der Waals surface area contributed by atoms with Crippen molar-refractivity contribution in [2.24, 2.45) is 5.92 Å². The zero-order chi connectivity index (χ0) is 15.5. The Morgan fingerprint density at radius 2 is 2.00 bits per heavy atom. The van der Waals surface area contributed by atoms with Crippen LogP contribution in [0.3, 0.4) is 0 Å². The number of rotatable bonds is 2. The van der Waals surface area contributed by atoms with E-state index < -0.39 is 11.6 Å². The molecule has 0 spiro atoms. The molecule has 1 aromatic rings. The summed E-state index contributed by atoms with van der Waals surface area (Å²) in [6, 6.07) is 6.71. The summed E-state index contributed by atoms with van der Waals surface area (Å²) in [6.45, 7) is 2.16. The number of carbonyl (C=O) groups is 1. The molecule has 0 bridgehead atoms. The van der Waals surface area contributed by atoms with Gasteiger partial charge in [-0.05, 0) is 49.8 Å². The van der Waals surface area contributed by atoms with Crippen molar-refractivity contribution in [3.8, 4) is 6.07 Å². The number of hydrogen-bond donors (Lipinski definition) is 2. The highest BCUT2D eigenvalue weighted by molar-refractivity contribution is 6.42. The third-order valence-corrected chi connectivity index (χ3v) is 4.61. The summed E-state index contributed by atoms with van der Waals surface area (Å²) in [5.41, 5.74) is -0.230.